The first kappa shape index (κ1) is 19.5. The van der Waals surface area contributed by atoms with Crippen molar-refractivity contribution in [3.05, 3.63) is 24.5 Å². The molecule has 1 unspecified atom stereocenters. The zero-order valence-electron chi connectivity index (χ0n) is 15.9. The van der Waals surface area contributed by atoms with Gasteiger partial charge in [0.2, 0.25) is 0 Å². The van der Waals surface area contributed by atoms with Crippen LogP contribution in [0.3, 0.4) is 0 Å². The molecule has 1 aliphatic rings. The van der Waals surface area contributed by atoms with Crippen molar-refractivity contribution in [2.45, 2.75) is 39.7 Å². The Labute approximate surface area is 152 Å². The van der Waals surface area contributed by atoms with E-state index in [2.05, 4.69) is 40.9 Å². The van der Waals surface area contributed by atoms with Crippen molar-refractivity contribution < 1.29 is 4.79 Å². The van der Waals surface area contributed by atoms with Crippen molar-refractivity contribution in [1.82, 2.24) is 20.1 Å². The van der Waals surface area contributed by atoms with Gasteiger partial charge >= 0.3 is 6.03 Å². The first-order chi connectivity index (χ1) is 12.1. The van der Waals surface area contributed by atoms with Crippen molar-refractivity contribution in [2.24, 2.45) is 0 Å². The van der Waals surface area contributed by atoms with E-state index in [9.17, 15) is 4.79 Å². The van der Waals surface area contributed by atoms with E-state index in [1.165, 1.54) is 5.69 Å². The molecule has 0 bridgehead atoms. The average Bonchev–Trinajstić information content (AvgIpc) is 2.66. The lowest BCUT2D eigenvalue weighted by molar-refractivity contribution is 0.189. The van der Waals surface area contributed by atoms with Crippen molar-refractivity contribution >= 4 is 11.7 Å². The van der Waals surface area contributed by atoms with Crippen LogP contribution >= 0.6 is 0 Å². The van der Waals surface area contributed by atoms with Gasteiger partial charge in [-0.15, -0.1) is 0 Å². The molecule has 0 radical (unpaired) electrons. The van der Waals surface area contributed by atoms with Crippen LogP contribution in [0.5, 0.6) is 0 Å². The summed E-state index contributed by atoms with van der Waals surface area (Å²) < 4.78 is 0. The number of aromatic nitrogens is 1. The summed E-state index contributed by atoms with van der Waals surface area (Å²) >= 11 is 0. The van der Waals surface area contributed by atoms with Gasteiger partial charge in [0.25, 0.3) is 0 Å². The van der Waals surface area contributed by atoms with E-state index in [1.807, 2.05) is 29.4 Å². The number of piperazine rings is 1. The van der Waals surface area contributed by atoms with Crippen LogP contribution < -0.4 is 10.2 Å². The summed E-state index contributed by atoms with van der Waals surface area (Å²) in [7, 11) is 0. The molecular weight excluding hydrogens is 314 g/mol. The van der Waals surface area contributed by atoms with Crippen molar-refractivity contribution in [3.63, 3.8) is 0 Å². The van der Waals surface area contributed by atoms with Gasteiger partial charge in [-0.05, 0) is 51.5 Å². The summed E-state index contributed by atoms with van der Waals surface area (Å²) in [5.41, 5.74) is 1.18. The third-order valence-electron chi connectivity index (χ3n) is 4.97. The third kappa shape index (κ3) is 6.20. The number of rotatable bonds is 8. The number of urea groups is 1. The lowest BCUT2D eigenvalue weighted by atomic mass is 10.2. The van der Waals surface area contributed by atoms with Crippen LogP contribution in [0.1, 0.15) is 33.6 Å². The number of anilines is 1. The zero-order valence-corrected chi connectivity index (χ0v) is 15.9. The van der Waals surface area contributed by atoms with E-state index in [-0.39, 0.29) is 12.1 Å². The first-order valence-corrected chi connectivity index (χ1v) is 9.56. The Bertz CT molecular complexity index is 498. The molecule has 2 heterocycles. The summed E-state index contributed by atoms with van der Waals surface area (Å²) in [6.45, 7) is 13.1. The number of carbonyl (C=O) groups is 1. The van der Waals surface area contributed by atoms with Crippen molar-refractivity contribution in [3.8, 4) is 0 Å². The van der Waals surface area contributed by atoms with Gasteiger partial charge in [-0.2, -0.15) is 0 Å². The lowest BCUT2D eigenvalue weighted by Crippen LogP contribution is -2.53. The summed E-state index contributed by atoms with van der Waals surface area (Å²) in [6, 6.07) is 4.34. The summed E-state index contributed by atoms with van der Waals surface area (Å²) in [5.74, 6) is 0. The highest BCUT2D eigenvalue weighted by Gasteiger charge is 2.22. The second-order valence-corrected chi connectivity index (χ2v) is 6.70. The van der Waals surface area contributed by atoms with Gasteiger partial charge in [0.15, 0.2) is 0 Å². The monoisotopic (exact) mass is 347 g/mol. The largest absolute Gasteiger partial charge is 0.368 e. The molecule has 1 N–H and O–H groups in total. The molecule has 1 aromatic rings. The summed E-state index contributed by atoms with van der Waals surface area (Å²) in [4.78, 5) is 23.2. The molecule has 2 amide bonds. The molecule has 140 valence electrons. The van der Waals surface area contributed by atoms with Gasteiger partial charge in [-0.1, -0.05) is 13.8 Å². The van der Waals surface area contributed by atoms with E-state index in [0.717, 1.165) is 58.7 Å². The van der Waals surface area contributed by atoms with Crippen LogP contribution in [0.15, 0.2) is 24.5 Å². The molecule has 6 nitrogen and oxygen atoms in total. The Balaban J connectivity index is 1.68. The van der Waals surface area contributed by atoms with Crippen LogP contribution in [-0.4, -0.2) is 72.7 Å². The maximum Gasteiger partial charge on any atom is 0.317 e. The molecule has 25 heavy (non-hydrogen) atoms. The first-order valence-electron chi connectivity index (χ1n) is 9.56. The molecule has 1 aliphatic heterocycles. The maximum absolute atomic E-state index is 12.4. The lowest BCUT2D eigenvalue weighted by Gasteiger charge is -2.36. The number of nitrogens with zero attached hydrogens (tertiary/aromatic N) is 4. The van der Waals surface area contributed by atoms with E-state index in [4.69, 9.17) is 0 Å². The van der Waals surface area contributed by atoms with Crippen molar-refractivity contribution in [2.75, 3.05) is 50.7 Å². The second kappa shape index (κ2) is 10.2. The minimum Gasteiger partial charge on any atom is -0.368 e. The van der Waals surface area contributed by atoms with Gasteiger partial charge in [0, 0.05) is 50.3 Å². The SMILES string of the molecule is CCN(CC)CCCC(C)NC(=O)N1CCN(c2ccncc2)CC1. The number of carbonyl (C=O) groups excluding carboxylic acids is 1. The minimum absolute atomic E-state index is 0.0738. The Hall–Kier alpha value is -1.82. The smallest absolute Gasteiger partial charge is 0.317 e. The quantitative estimate of drug-likeness (QED) is 0.785. The fourth-order valence-electron chi connectivity index (χ4n) is 3.26. The summed E-state index contributed by atoms with van der Waals surface area (Å²) in [5, 5.41) is 3.15. The molecule has 0 aromatic carbocycles. The number of hydrogen-bond acceptors (Lipinski definition) is 4. The van der Waals surface area contributed by atoms with Gasteiger partial charge in [-0.25, -0.2) is 4.79 Å². The van der Waals surface area contributed by atoms with E-state index in [0.29, 0.717) is 0 Å². The fourth-order valence-corrected chi connectivity index (χ4v) is 3.26. The number of hydrogen-bond donors (Lipinski definition) is 1. The Morgan fingerprint density at radius 1 is 1.20 bits per heavy atom. The number of nitrogens with one attached hydrogen (secondary N) is 1. The molecule has 0 aliphatic carbocycles. The standard InChI is InChI=1S/C19H33N5O/c1-4-22(5-2)12-6-7-17(3)21-19(25)24-15-13-23(14-16-24)18-8-10-20-11-9-18/h8-11,17H,4-7,12-16H2,1-3H3,(H,21,25). The molecule has 1 atom stereocenters. The van der Waals surface area contributed by atoms with Crippen LogP contribution in [0.2, 0.25) is 0 Å². The zero-order chi connectivity index (χ0) is 18.1. The predicted octanol–water partition coefficient (Wildman–Crippen LogP) is 2.42. The summed E-state index contributed by atoms with van der Waals surface area (Å²) in [6.07, 6.45) is 5.78. The van der Waals surface area contributed by atoms with Crippen LogP contribution in [0.4, 0.5) is 10.5 Å². The highest BCUT2D eigenvalue weighted by Crippen LogP contribution is 2.14. The topological polar surface area (TPSA) is 51.7 Å². The minimum atomic E-state index is 0.0738. The van der Waals surface area contributed by atoms with Gasteiger partial charge in [0.1, 0.15) is 0 Å². The average molecular weight is 348 g/mol. The molecule has 0 spiro atoms. The van der Waals surface area contributed by atoms with Crippen LogP contribution in [-0.2, 0) is 0 Å². The molecule has 6 heteroatoms. The van der Waals surface area contributed by atoms with Gasteiger partial charge in [0.05, 0.1) is 0 Å². The highest BCUT2D eigenvalue weighted by molar-refractivity contribution is 5.74. The molecule has 1 fully saturated rings. The maximum atomic E-state index is 12.4. The van der Waals surface area contributed by atoms with E-state index < -0.39 is 0 Å². The molecular formula is C19H33N5O. The highest BCUT2D eigenvalue weighted by atomic mass is 16.2. The van der Waals surface area contributed by atoms with Crippen LogP contribution in [0, 0.1) is 0 Å². The third-order valence-corrected chi connectivity index (χ3v) is 4.97. The van der Waals surface area contributed by atoms with Gasteiger partial charge in [-0.3, -0.25) is 4.98 Å². The Morgan fingerprint density at radius 3 is 2.44 bits per heavy atom. The van der Waals surface area contributed by atoms with Gasteiger partial charge < -0.3 is 20.0 Å². The number of amides is 2. The Morgan fingerprint density at radius 2 is 1.84 bits per heavy atom. The molecule has 1 aromatic heterocycles. The number of pyridine rings is 1. The Kier molecular flexibility index (Phi) is 7.98. The fraction of sp³-hybridized carbons (Fsp3) is 0.684. The molecule has 2 rings (SSSR count). The molecule has 1 saturated heterocycles. The van der Waals surface area contributed by atoms with Crippen molar-refractivity contribution in [1.29, 1.82) is 0 Å². The van der Waals surface area contributed by atoms with E-state index in [1.54, 1.807) is 0 Å². The second-order valence-electron chi connectivity index (χ2n) is 6.70. The predicted molar refractivity (Wildman–Crippen MR) is 103 cm³/mol. The van der Waals surface area contributed by atoms with Crippen LogP contribution in [0.25, 0.3) is 0 Å². The molecule has 0 saturated carbocycles. The normalized spacial score (nSPS) is 16.2. The van der Waals surface area contributed by atoms with E-state index >= 15 is 0 Å².